The predicted octanol–water partition coefficient (Wildman–Crippen LogP) is 2.60. The van der Waals surface area contributed by atoms with Gasteiger partial charge in [-0.05, 0) is 48.5 Å². The van der Waals surface area contributed by atoms with E-state index >= 15 is 0 Å². The van der Waals surface area contributed by atoms with Crippen molar-refractivity contribution in [3.05, 3.63) is 54.3 Å². The summed E-state index contributed by atoms with van der Waals surface area (Å²) in [7, 11) is -3.59. The molecule has 0 aliphatic heterocycles. The average molecular weight is 352 g/mol. The summed E-state index contributed by atoms with van der Waals surface area (Å²) >= 11 is 0. The van der Waals surface area contributed by atoms with Crippen LogP contribution in [0.2, 0.25) is 0 Å². The monoisotopic (exact) mass is 352 g/mol. The van der Waals surface area contributed by atoms with Crippen molar-refractivity contribution in [2.75, 3.05) is 22.4 Å². The molecule has 0 aromatic heterocycles. The zero-order chi connectivity index (χ0) is 17.6. The second-order valence-corrected chi connectivity index (χ2v) is 6.82. The highest BCUT2D eigenvalue weighted by Gasteiger charge is 2.11. The molecule has 8 heteroatoms. The fraction of sp³-hybridized carbons (Fsp3) is 0.188. The van der Waals surface area contributed by atoms with Crippen molar-refractivity contribution in [1.82, 2.24) is 0 Å². The Morgan fingerprint density at radius 1 is 1.04 bits per heavy atom. The molecule has 2 aromatic rings. The summed E-state index contributed by atoms with van der Waals surface area (Å²) in [6.07, 6.45) is 0. The normalized spacial score (nSPS) is 10.9. The van der Waals surface area contributed by atoms with Crippen LogP contribution in [0.5, 0.6) is 5.75 Å². The van der Waals surface area contributed by atoms with Crippen LogP contribution in [0.15, 0.2) is 48.5 Å². The zero-order valence-corrected chi connectivity index (χ0v) is 13.8. The average Bonchev–Trinajstić information content (AvgIpc) is 2.50. The number of hydrogen-bond acceptors (Lipinski definition) is 4. The zero-order valence-electron chi connectivity index (χ0n) is 13.0. The van der Waals surface area contributed by atoms with Crippen LogP contribution in [0.25, 0.3) is 0 Å². The fourth-order valence-electron chi connectivity index (χ4n) is 1.86. The van der Waals surface area contributed by atoms with Gasteiger partial charge in [0.2, 0.25) is 15.9 Å². The molecule has 0 bridgehead atoms. The standard InChI is InChI=1S/C16H17FN2O4S/c1-12(20)18-14-4-6-15(7-5-14)19-24(21,22)11-10-23-16-8-2-13(17)3-9-16/h2-9,19H,10-11H2,1H3,(H,18,20). The van der Waals surface area contributed by atoms with Crippen LogP contribution in [-0.2, 0) is 14.8 Å². The van der Waals surface area contributed by atoms with Gasteiger partial charge in [-0.1, -0.05) is 0 Å². The lowest BCUT2D eigenvalue weighted by Gasteiger charge is -2.10. The molecule has 2 N–H and O–H groups in total. The second-order valence-electron chi connectivity index (χ2n) is 4.98. The molecule has 0 saturated heterocycles. The minimum Gasteiger partial charge on any atom is -0.492 e. The Balaban J connectivity index is 1.86. The van der Waals surface area contributed by atoms with Crippen molar-refractivity contribution in [3.63, 3.8) is 0 Å². The molecule has 0 unspecified atom stereocenters. The Morgan fingerprint density at radius 2 is 1.62 bits per heavy atom. The van der Waals surface area contributed by atoms with E-state index in [4.69, 9.17) is 4.74 Å². The van der Waals surface area contributed by atoms with E-state index in [9.17, 15) is 17.6 Å². The van der Waals surface area contributed by atoms with Crippen LogP contribution in [-0.4, -0.2) is 26.7 Å². The van der Waals surface area contributed by atoms with Gasteiger partial charge in [-0.3, -0.25) is 9.52 Å². The predicted molar refractivity (Wildman–Crippen MR) is 90.1 cm³/mol. The lowest BCUT2D eigenvalue weighted by atomic mass is 10.3. The summed E-state index contributed by atoms with van der Waals surface area (Å²) in [5.41, 5.74) is 0.955. The van der Waals surface area contributed by atoms with E-state index < -0.39 is 10.0 Å². The van der Waals surface area contributed by atoms with E-state index in [1.165, 1.54) is 31.2 Å². The molecule has 2 aromatic carbocycles. The molecule has 0 radical (unpaired) electrons. The first-order valence-electron chi connectivity index (χ1n) is 7.10. The quantitative estimate of drug-likeness (QED) is 0.802. The van der Waals surface area contributed by atoms with Gasteiger partial charge in [0.1, 0.15) is 23.9 Å². The van der Waals surface area contributed by atoms with Gasteiger partial charge in [0.05, 0.1) is 0 Å². The van der Waals surface area contributed by atoms with Crippen LogP contribution in [0.3, 0.4) is 0 Å². The van der Waals surface area contributed by atoms with E-state index in [1.807, 2.05) is 0 Å². The van der Waals surface area contributed by atoms with Crippen LogP contribution in [0, 0.1) is 5.82 Å². The van der Waals surface area contributed by atoms with Crippen LogP contribution in [0.4, 0.5) is 15.8 Å². The molecule has 128 valence electrons. The Kier molecular flexibility index (Phi) is 5.75. The number of benzene rings is 2. The van der Waals surface area contributed by atoms with Crippen molar-refractivity contribution >= 4 is 27.3 Å². The largest absolute Gasteiger partial charge is 0.492 e. The van der Waals surface area contributed by atoms with Gasteiger partial charge in [0, 0.05) is 18.3 Å². The number of rotatable bonds is 7. The van der Waals surface area contributed by atoms with Gasteiger partial charge in [-0.15, -0.1) is 0 Å². The molecule has 0 heterocycles. The Hall–Kier alpha value is -2.61. The lowest BCUT2D eigenvalue weighted by molar-refractivity contribution is -0.114. The van der Waals surface area contributed by atoms with E-state index in [0.717, 1.165) is 0 Å². The Labute approximate surface area is 139 Å². The first-order chi connectivity index (χ1) is 11.3. The number of carbonyl (C=O) groups is 1. The summed E-state index contributed by atoms with van der Waals surface area (Å²) in [6, 6.07) is 11.6. The molecule has 6 nitrogen and oxygen atoms in total. The highest BCUT2D eigenvalue weighted by Crippen LogP contribution is 2.15. The molecule has 0 saturated carbocycles. The molecule has 0 spiro atoms. The van der Waals surface area contributed by atoms with E-state index in [-0.39, 0.29) is 24.1 Å². The number of amides is 1. The first-order valence-corrected chi connectivity index (χ1v) is 8.76. The number of nitrogens with one attached hydrogen (secondary N) is 2. The maximum atomic E-state index is 12.8. The second kappa shape index (κ2) is 7.78. The number of sulfonamides is 1. The highest BCUT2D eigenvalue weighted by molar-refractivity contribution is 7.92. The third-order valence-corrected chi connectivity index (χ3v) is 4.16. The van der Waals surface area contributed by atoms with Gasteiger partial charge >= 0.3 is 0 Å². The molecular formula is C16H17FN2O4S. The van der Waals surface area contributed by atoms with Crippen molar-refractivity contribution < 1.29 is 22.3 Å². The van der Waals surface area contributed by atoms with Crippen molar-refractivity contribution in [1.29, 1.82) is 0 Å². The van der Waals surface area contributed by atoms with Gasteiger partial charge < -0.3 is 10.1 Å². The van der Waals surface area contributed by atoms with Crippen LogP contribution in [0.1, 0.15) is 6.92 Å². The number of anilines is 2. The summed E-state index contributed by atoms with van der Waals surface area (Å²) in [6.45, 7) is 1.32. The van der Waals surface area contributed by atoms with Gasteiger partial charge in [0.15, 0.2) is 0 Å². The summed E-state index contributed by atoms with van der Waals surface area (Å²) in [5.74, 6) is -0.454. The van der Waals surface area contributed by atoms with Gasteiger partial charge in [-0.25, -0.2) is 12.8 Å². The summed E-state index contributed by atoms with van der Waals surface area (Å²) in [5, 5.41) is 2.59. The molecule has 24 heavy (non-hydrogen) atoms. The summed E-state index contributed by atoms with van der Waals surface area (Å²) < 4.78 is 44.4. The molecule has 0 aliphatic rings. The molecule has 0 aliphatic carbocycles. The topological polar surface area (TPSA) is 84.5 Å². The highest BCUT2D eigenvalue weighted by atomic mass is 32.2. The number of carbonyl (C=O) groups excluding carboxylic acids is 1. The van der Waals surface area contributed by atoms with Crippen molar-refractivity contribution in [2.45, 2.75) is 6.92 Å². The molecule has 0 atom stereocenters. The molecular weight excluding hydrogens is 335 g/mol. The summed E-state index contributed by atoms with van der Waals surface area (Å²) in [4.78, 5) is 10.9. The third kappa shape index (κ3) is 5.88. The van der Waals surface area contributed by atoms with Crippen LogP contribution >= 0.6 is 0 Å². The Bertz CT molecular complexity index is 790. The SMILES string of the molecule is CC(=O)Nc1ccc(NS(=O)(=O)CCOc2ccc(F)cc2)cc1. The lowest BCUT2D eigenvalue weighted by Crippen LogP contribution is -2.21. The van der Waals surface area contributed by atoms with Gasteiger partial charge in [-0.2, -0.15) is 0 Å². The number of hydrogen-bond donors (Lipinski definition) is 2. The first kappa shape index (κ1) is 17.7. The third-order valence-electron chi connectivity index (χ3n) is 2.91. The van der Waals surface area contributed by atoms with E-state index in [2.05, 4.69) is 10.0 Å². The molecule has 2 rings (SSSR count). The molecule has 1 amide bonds. The van der Waals surface area contributed by atoms with Crippen molar-refractivity contribution in [3.8, 4) is 5.75 Å². The maximum absolute atomic E-state index is 12.8. The van der Waals surface area contributed by atoms with Crippen LogP contribution < -0.4 is 14.8 Å². The number of halogens is 1. The smallest absolute Gasteiger partial charge is 0.236 e. The Morgan fingerprint density at radius 3 is 2.21 bits per heavy atom. The van der Waals surface area contributed by atoms with Gasteiger partial charge in [0.25, 0.3) is 0 Å². The maximum Gasteiger partial charge on any atom is 0.236 e. The minimum absolute atomic E-state index is 0.0645. The van der Waals surface area contributed by atoms with Crippen molar-refractivity contribution in [2.24, 2.45) is 0 Å². The van der Waals surface area contributed by atoms with E-state index in [0.29, 0.717) is 17.1 Å². The van der Waals surface area contributed by atoms with E-state index in [1.54, 1.807) is 24.3 Å². The fourth-order valence-corrected chi connectivity index (χ4v) is 2.76. The minimum atomic E-state index is -3.59. The number of ether oxygens (including phenoxy) is 1. The molecule has 0 fully saturated rings.